The van der Waals surface area contributed by atoms with Crippen LogP contribution >= 0.6 is 0 Å². The molecule has 1 N–H and O–H groups in total. The van der Waals surface area contributed by atoms with E-state index >= 15 is 0 Å². The zero-order valence-corrected chi connectivity index (χ0v) is 10.7. The van der Waals surface area contributed by atoms with Gasteiger partial charge in [0, 0.05) is 37.9 Å². The molecule has 1 heterocycles. The highest BCUT2D eigenvalue weighted by atomic mass is 15.1. The maximum atomic E-state index is 4.37. The van der Waals surface area contributed by atoms with Crippen LogP contribution in [0.25, 0.3) is 0 Å². The third-order valence-electron chi connectivity index (χ3n) is 3.16. The Morgan fingerprint density at radius 2 is 2.25 bits per heavy atom. The molecule has 3 heteroatoms. The third-order valence-corrected chi connectivity index (χ3v) is 3.16. The molecule has 1 aliphatic rings. The number of aromatic nitrogens is 2. The molecule has 1 aliphatic carbocycles. The summed E-state index contributed by atoms with van der Waals surface area (Å²) in [7, 11) is 0. The first-order valence-electron chi connectivity index (χ1n) is 6.34. The van der Waals surface area contributed by atoms with Crippen molar-refractivity contribution in [3.05, 3.63) is 18.2 Å². The Bertz CT molecular complexity index is 337. The Kier molecular flexibility index (Phi) is 3.33. The van der Waals surface area contributed by atoms with Crippen LogP contribution in [-0.4, -0.2) is 22.1 Å². The fourth-order valence-electron chi connectivity index (χ4n) is 2.02. The van der Waals surface area contributed by atoms with Crippen LogP contribution in [0.4, 0.5) is 0 Å². The number of nitrogens with zero attached hydrogens (tertiary/aromatic N) is 2. The molecular weight excluding hydrogens is 198 g/mol. The molecule has 3 nitrogen and oxygen atoms in total. The van der Waals surface area contributed by atoms with E-state index in [0.717, 1.165) is 25.6 Å². The van der Waals surface area contributed by atoms with Gasteiger partial charge in [-0.2, -0.15) is 0 Å². The maximum Gasteiger partial charge on any atom is 0.108 e. The van der Waals surface area contributed by atoms with Gasteiger partial charge in [0.15, 0.2) is 0 Å². The Hall–Kier alpha value is -0.830. The second-order valence-corrected chi connectivity index (χ2v) is 5.64. The number of imidazole rings is 1. The molecule has 1 aromatic rings. The highest BCUT2D eigenvalue weighted by molar-refractivity contribution is 4.94. The zero-order chi connectivity index (χ0) is 11.6. The van der Waals surface area contributed by atoms with Crippen LogP contribution in [0.15, 0.2) is 12.4 Å². The summed E-state index contributed by atoms with van der Waals surface area (Å²) in [6, 6.07) is 0.799. The van der Waals surface area contributed by atoms with E-state index in [1.165, 1.54) is 18.7 Å². The highest BCUT2D eigenvalue weighted by Gasteiger charge is 2.25. The van der Waals surface area contributed by atoms with Crippen LogP contribution in [0, 0.1) is 5.41 Å². The Labute approximate surface area is 98.3 Å². The molecule has 0 unspecified atom stereocenters. The van der Waals surface area contributed by atoms with Crippen molar-refractivity contribution in [1.29, 1.82) is 0 Å². The largest absolute Gasteiger partial charge is 0.334 e. The second-order valence-electron chi connectivity index (χ2n) is 5.64. The van der Waals surface area contributed by atoms with Crippen LogP contribution in [0.1, 0.15) is 39.4 Å². The minimum absolute atomic E-state index is 0.299. The molecule has 0 atom stereocenters. The highest BCUT2D eigenvalue weighted by Crippen LogP contribution is 2.23. The van der Waals surface area contributed by atoms with Crippen molar-refractivity contribution in [2.45, 2.75) is 52.6 Å². The molecular formula is C13H23N3. The zero-order valence-electron chi connectivity index (χ0n) is 10.7. The van der Waals surface area contributed by atoms with E-state index in [1.807, 2.05) is 6.20 Å². The van der Waals surface area contributed by atoms with Gasteiger partial charge in [-0.05, 0) is 18.3 Å². The summed E-state index contributed by atoms with van der Waals surface area (Å²) in [6.45, 7) is 8.95. The average Bonchev–Trinajstić information content (AvgIpc) is 2.96. The number of hydrogen-bond acceptors (Lipinski definition) is 2. The Morgan fingerprint density at radius 3 is 2.88 bits per heavy atom. The predicted octanol–water partition coefficient (Wildman–Crippen LogP) is 2.22. The van der Waals surface area contributed by atoms with Gasteiger partial charge in [-0.1, -0.05) is 20.8 Å². The fraction of sp³-hybridized carbons (Fsp3) is 0.769. The van der Waals surface area contributed by atoms with E-state index in [0.29, 0.717) is 5.41 Å². The lowest BCUT2D eigenvalue weighted by Gasteiger charge is -2.26. The number of rotatable bonds is 6. The van der Waals surface area contributed by atoms with Gasteiger partial charge >= 0.3 is 0 Å². The first kappa shape index (κ1) is 11.6. The van der Waals surface area contributed by atoms with Crippen molar-refractivity contribution < 1.29 is 0 Å². The van der Waals surface area contributed by atoms with Crippen LogP contribution < -0.4 is 5.32 Å². The Morgan fingerprint density at radius 1 is 1.50 bits per heavy atom. The van der Waals surface area contributed by atoms with Crippen molar-refractivity contribution in [1.82, 2.24) is 14.9 Å². The SMILES string of the molecule is CCc1nccn1CC(C)(C)CNC1CC1. The van der Waals surface area contributed by atoms with Gasteiger partial charge in [0.05, 0.1) is 0 Å². The summed E-state index contributed by atoms with van der Waals surface area (Å²) in [5.74, 6) is 1.19. The van der Waals surface area contributed by atoms with Crippen LogP contribution in [0.2, 0.25) is 0 Å². The molecule has 16 heavy (non-hydrogen) atoms. The summed E-state index contributed by atoms with van der Waals surface area (Å²) in [4.78, 5) is 4.37. The van der Waals surface area contributed by atoms with E-state index < -0.39 is 0 Å². The van der Waals surface area contributed by atoms with E-state index in [1.54, 1.807) is 0 Å². The van der Waals surface area contributed by atoms with Gasteiger partial charge in [0.25, 0.3) is 0 Å². The van der Waals surface area contributed by atoms with Crippen LogP contribution in [0.5, 0.6) is 0 Å². The van der Waals surface area contributed by atoms with Gasteiger partial charge < -0.3 is 9.88 Å². The van der Waals surface area contributed by atoms with Crippen LogP contribution in [0.3, 0.4) is 0 Å². The molecule has 0 bridgehead atoms. The third kappa shape index (κ3) is 3.08. The van der Waals surface area contributed by atoms with E-state index in [4.69, 9.17) is 0 Å². The summed E-state index contributed by atoms with van der Waals surface area (Å²) in [5, 5.41) is 3.61. The van der Waals surface area contributed by atoms with Gasteiger partial charge in [0.1, 0.15) is 5.82 Å². The number of nitrogens with one attached hydrogen (secondary N) is 1. The Balaban J connectivity index is 1.90. The van der Waals surface area contributed by atoms with Gasteiger partial charge in [0.2, 0.25) is 0 Å². The van der Waals surface area contributed by atoms with Gasteiger partial charge in [-0.25, -0.2) is 4.98 Å². The summed E-state index contributed by atoms with van der Waals surface area (Å²) in [5.41, 5.74) is 0.299. The van der Waals surface area contributed by atoms with Crippen molar-refractivity contribution in [3.8, 4) is 0 Å². The second kappa shape index (κ2) is 4.58. The van der Waals surface area contributed by atoms with Gasteiger partial charge in [-0.3, -0.25) is 0 Å². The molecule has 2 rings (SSSR count). The van der Waals surface area contributed by atoms with Crippen molar-refractivity contribution in [2.75, 3.05) is 6.54 Å². The van der Waals surface area contributed by atoms with Crippen molar-refractivity contribution in [2.24, 2.45) is 5.41 Å². The molecule has 0 aromatic carbocycles. The lowest BCUT2D eigenvalue weighted by molar-refractivity contribution is 0.285. The molecule has 1 aromatic heterocycles. The lowest BCUT2D eigenvalue weighted by atomic mass is 9.93. The summed E-state index contributed by atoms with van der Waals surface area (Å²) < 4.78 is 2.29. The quantitative estimate of drug-likeness (QED) is 0.798. The molecule has 0 saturated heterocycles. The molecule has 0 amide bonds. The van der Waals surface area contributed by atoms with E-state index in [2.05, 4.69) is 41.8 Å². The molecule has 0 aliphatic heterocycles. The van der Waals surface area contributed by atoms with Crippen LogP contribution in [-0.2, 0) is 13.0 Å². The minimum atomic E-state index is 0.299. The molecule has 0 spiro atoms. The fourth-order valence-corrected chi connectivity index (χ4v) is 2.02. The number of aryl methyl sites for hydroxylation is 1. The first-order chi connectivity index (χ1) is 7.61. The smallest absolute Gasteiger partial charge is 0.108 e. The molecule has 90 valence electrons. The number of hydrogen-bond donors (Lipinski definition) is 1. The lowest BCUT2D eigenvalue weighted by Crippen LogP contribution is -2.34. The minimum Gasteiger partial charge on any atom is -0.334 e. The average molecular weight is 221 g/mol. The molecule has 1 fully saturated rings. The summed E-state index contributed by atoms with van der Waals surface area (Å²) in [6.07, 6.45) is 7.74. The normalized spacial score (nSPS) is 16.7. The van der Waals surface area contributed by atoms with Crippen molar-refractivity contribution >= 4 is 0 Å². The standard InChI is InChI=1S/C13H23N3/c1-4-12-14-7-8-16(12)10-13(2,3)9-15-11-5-6-11/h7-8,11,15H,4-6,9-10H2,1-3H3. The van der Waals surface area contributed by atoms with Gasteiger partial charge in [-0.15, -0.1) is 0 Å². The summed E-state index contributed by atoms with van der Waals surface area (Å²) >= 11 is 0. The molecule has 0 radical (unpaired) electrons. The molecule has 1 saturated carbocycles. The van der Waals surface area contributed by atoms with Crippen molar-refractivity contribution in [3.63, 3.8) is 0 Å². The van der Waals surface area contributed by atoms with E-state index in [9.17, 15) is 0 Å². The predicted molar refractivity (Wildman–Crippen MR) is 66.4 cm³/mol. The van der Waals surface area contributed by atoms with E-state index in [-0.39, 0.29) is 0 Å². The monoisotopic (exact) mass is 221 g/mol. The first-order valence-corrected chi connectivity index (χ1v) is 6.34. The maximum absolute atomic E-state index is 4.37. The topological polar surface area (TPSA) is 29.9 Å².